The minimum Gasteiger partial charge on any atom is -0.479 e. The maximum Gasteiger partial charge on any atom is 0.411 e. The van der Waals surface area contributed by atoms with E-state index >= 15 is 0 Å². The summed E-state index contributed by atoms with van der Waals surface area (Å²) in [4.78, 5) is 37.6. The highest BCUT2D eigenvalue weighted by Gasteiger charge is 2.50. The van der Waals surface area contributed by atoms with Crippen molar-refractivity contribution in [2.24, 2.45) is 7.05 Å². The van der Waals surface area contributed by atoms with Gasteiger partial charge in [0.15, 0.2) is 11.3 Å². The summed E-state index contributed by atoms with van der Waals surface area (Å²) in [5.41, 5.74) is 2.49. The molecule has 0 atom stereocenters. The standard InChI is InChI=1S/C24H22N4O6/c1-27-10-19(20(26-27)21(29)28-12-24(33,13-28)22(30)31)25-23(32)34-11-18-16-8-4-2-6-14(16)15-7-3-5-9-17(15)18/h2-10,18,33H,11-13H2,1H3,(H,25,32)(H,30,31). The van der Waals surface area contributed by atoms with Crippen molar-refractivity contribution in [3.63, 3.8) is 0 Å². The summed E-state index contributed by atoms with van der Waals surface area (Å²) in [6.07, 6.45) is 0.715. The molecule has 1 aliphatic heterocycles. The van der Waals surface area contributed by atoms with Gasteiger partial charge >= 0.3 is 12.1 Å². The van der Waals surface area contributed by atoms with Gasteiger partial charge in [-0.15, -0.1) is 0 Å². The molecule has 2 heterocycles. The SMILES string of the molecule is Cn1cc(NC(=O)OCC2c3ccccc3-c3ccccc32)c(C(=O)N2CC(O)(C(=O)O)C2)n1. The molecular formula is C24H22N4O6. The van der Waals surface area contributed by atoms with Crippen LogP contribution in [0.25, 0.3) is 11.1 Å². The predicted octanol–water partition coefficient (Wildman–Crippen LogP) is 2.05. The smallest absolute Gasteiger partial charge is 0.411 e. The summed E-state index contributed by atoms with van der Waals surface area (Å²) in [6, 6.07) is 16.0. The van der Waals surface area contributed by atoms with Crippen molar-refractivity contribution < 1.29 is 29.3 Å². The highest BCUT2D eigenvalue weighted by molar-refractivity contribution is 6.02. The largest absolute Gasteiger partial charge is 0.479 e. The van der Waals surface area contributed by atoms with Gasteiger partial charge in [0.25, 0.3) is 5.91 Å². The van der Waals surface area contributed by atoms with Crippen molar-refractivity contribution in [1.29, 1.82) is 0 Å². The number of hydrogen-bond acceptors (Lipinski definition) is 6. The Morgan fingerprint density at radius 2 is 1.68 bits per heavy atom. The van der Waals surface area contributed by atoms with Crippen LogP contribution >= 0.6 is 0 Å². The number of carboxylic acids is 1. The molecule has 3 N–H and O–H groups in total. The zero-order chi connectivity index (χ0) is 24.0. The Labute approximate surface area is 194 Å². The summed E-state index contributed by atoms with van der Waals surface area (Å²) in [5.74, 6) is -2.10. The molecular weight excluding hydrogens is 440 g/mol. The molecule has 0 unspecified atom stereocenters. The molecule has 0 spiro atoms. The number of aliphatic hydroxyl groups is 1. The third kappa shape index (κ3) is 3.57. The van der Waals surface area contributed by atoms with Crippen molar-refractivity contribution in [2.75, 3.05) is 25.0 Å². The average Bonchev–Trinajstić information content (AvgIpc) is 3.32. The third-order valence-electron chi connectivity index (χ3n) is 6.20. The molecule has 1 aliphatic carbocycles. The summed E-state index contributed by atoms with van der Waals surface area (Å²) < 4.78 is 6.88. The fraction of sp³-hybridized carbons (Fsp3) is 0.250. The van der Waals surface area contributed by atoms with E-state index in [9.17, 15) is 19.5 Å². The lowest BCUT2D eigenvalue weighted by Crippen LogP contribution is -2.67. The number of fused-ring (bicyclic) bond motifs is 3. The Morgan fingerprint density at radius 3 is 2.26 bits per heavy atom. The van der Waals surface area contributed by atoms with E-state index in [0.717, 1.165) is 27.2 Å². The molecule has 1 fully saturated rings. The first-order valence-electron chi connectivity index (χ1n) is 10.7. The molecule has 2 aromatic carbocycles. The number of ether oxygens (including phenoxy) is 1. The number of rotatable bonds is 5. The zero-order valence-corrected chi connectivity index (χ0v) is 18.3. The Hall–Kier alpha value is -4.18. The van der Waals surface area contributed by atoms with Gasteiger partial charge in [-0.2, -0.15) is 5.10 Å². The summed E-state index contributed by atoms with van der Waals surface area (Å²) in [6.45, 7) is -0.606. The third-order valence-corrected chi connectivity index (χ3v) is 6.20. The second kappa shape index (κ2) is 7.99. The number of aliphatic carboxylic acids is 1. The van der Waals surface area contributed by atoms with Gasteiger partial charge in [0, 0.05) is 19.2 Å². The Balaban J connectivity index is 1.27. The Morgan fingerprint density at radius 1 is 1.09 bits per heavy atom. The predicted molar refractivity (Wildman–Crippen MR) is 120 cm³/mol. The number of carbonyl (C=O) groups excluding carboxylic acids is 2. The summed E-state index contributed by atoms with van der Waals surface area (Å²) in [5, 5.41) is 25.6. The van der Waals surface area contributed by atoms with Gasteiger partial charge in [-0.05, 0) is 22.3 Å². The quantitative estimate of drug-likeness (QED) is 0.528. The van der Waals surface area contributed by atoms with E-state index < -0.39 is 23.6 Å². The molecule has 2 amide bonds. The number of carboxylic acid groups (broad SMARTS) is 1. The van der Waals surface area contributed by atoms with Crippen LogP contribution in [0.3, 0.4) is 0 Å². The van der Waals surface area contributed by atoms with Gasteiger partial charge in [-0.25, -0.2) is 9.59 Å². The van der Waals surface area contributed by atoms with E-state index in [1.165, 1.54) is 10.9 Å². The molecule has 0 radical (unpaired) electrons. The number of benzene rings is 2. The molecule has 0 bridgehead atoms. The molecule has 0 saturated carbocycles. The van der Waals surface area contributed by atoms with Gasteiger partial charge in [0.2, 0.25) is 0 Å². The van der Waals surface area contributed by atoms with Crippen LogP contribution in [0.15, 0.2) is 54.7 Å². The fourth-order valence-corrected chi connectivity index (χ4v) is 4.50. The number of nitrogens with zero attached hydrogens (tertiary/aromatic N) is 3. The number of anilines is 1. The number of nitrogens with one attached hydrogen (secondary N) is 1. The van der Waals surface area contributed by atoms with Crippen molar-refractivity contribution in [3.05, 3.63) is 71.5 Å². The van der Waals surface area contributed by atoms with Gasteiger partial charge in [-0.3, -0.25) is 14.8 Å². The highest BCUT2D eigenvalue weighted by atomic mass is 16.5. The molecule has 10 heteroatoms. The van der Waals surface area contributed by atoms with Crippen LogP contribution in [0.1, 0.15) is 27.5 Å². The van der Waals surface area contributed by atoms with E-state index in [4.69, 9.17) is 9.84 Å². The van der Waals surface area contributed by atoms with Crippen molar-refractivity contribution >= 4 is 23.7 Å². The van der Waals surface area contributed by atoms with Crippen molar-refractivity contribution in [2.45, 2.75) is 11.5 Å². The number of amides is 2. The molecule has 1 saturated heterocycles. The Bertz CT molecular complexity index is 1260. The van der Waals surface area contributed by atoms with Crippen LogP contribution < -0.4 is 5.32 Å². The van der Waals surface area contributed by atoms with E-state index in [1.807, 2.05) is 48.5 Å². The molecule has 2 aliphatic rings. The van der Waals surface area contributed by atoms with Crippen LogP contribution in [0.4, 0.5) is 10.5 Å². The average molecular weight is 462 g/mol. The molecule has 34 heavy (non-hydrogen) atoms. The minimum absolute atomic E-state index is 0.0663. The summed E-state index contributed by atoms with van der Waals surface area (Å²) in [7, 11) is 1.59. The lowest BCUT2D eigenvalue weighted by Gasteiger charge is -2.42. The topological polar surface area (TPSA) is 134 Å². The number of aromatic nitrogens is 2. The van der Waals surface area contributed by atoms with Gasteiger partial charge < -0.3 is 19.8 Å². The number of β-amino-alcohol motifs (C(OH)–C–C–N with tert-alkyl or cyclic N) is 1. The second-order valence-corrected chi connectivity index (χ2v) is 8.51. The van der Waals surface area contributed by atoms with Gasteiger partial charge in [0.05, 0.1) is 18.8 Å². The summed E-state index contributed by atoms with van der Waals surface area (Å²) >= 11 is 0. The van der Waals surface area contributed by atoms with Crippen molar-refractivity contribution in [1.82, 2.24) is 14.7 Å². The minimum atomic E-state index is -1.97. The van der Waals surface area contributed by atoms with Crippen LogP contribution in [-0.2, 0) is 16.6 Å². The lowest BCUT2D eigenvalue weighted by molar-refractivity contribution is -0.173. The van der Waals surface area contributed by atoms with E-state index in [1.54, 1.807) is 7.05 Å². The van der Waals surface area contributed by atoms with E-state index in [0.29, 0.717) is 0 Å². The van der Waals surface area contributed by atoms with Crippen LogP contribution in [0.5, 0.6) is 0 Å². The molecule has 10 nitrogen and oxygen atoms in total. The highest BCUT2D eigenvalue weighted by Crippen LogP contribution is 2.44. The first-order valence-corrected chi connectivity index (χ1v) is 10.7. The molecule has 1 aromatic heterocycles. The normalized spacial score (nSPS) is 15.8. The van der Waals surface area contributed by atoms with E-state index in [-0.39, 0.29) is 37.0 Å². The number of hydrogen-bond donors (Lipinski definition) is 3. The number of aryl methyl sites for hydroxylation is 1. The van der Waals surface area contributed by atoms with Gasteiger partial charge in [0.1, 0.15) is 6.61 Å². The molecule has 3 aromatic rings. The first kappa shape index (κ1) is 21.7. The zero-order valence-electron chi connectivity index (χ0n) is 18.3. The van der Waals surface area contributed by atoms with Crippen LogP contribution in [-0.4, -0.2) is 68.2 Å². The second-order valence-electron chi connectivity index (χ2n) is 8.51. The molecule has 174 valence electrons. The first-order chi connectivity index (χ1) is 16.3. The number of carbonyl (C=O) groups is 3. The van der Waals surface area contributed by atoms with Crippen molar-refractivity contribution in [3.8, 4) is 11.1 Å². The fourth-order valence-electron chi connectivity index (χ4n) is 4.50. The Kier molecular flexibility index (Phi) is 5.09. The maximum absolute atomic E-state index is 12.7. The van der Waals surface area contributed by atoms with Crippen LogP contribution in [0, 0.1) is 0 Å². The van der Waals surface area contributed by atoms with Crippen LogP contribution in [0.2, 0.25) is 0 Å². The number of likely N-dealkylation sites (tertiary alicyclic amines) is 1. The lowest BCUT2D eigenvalue weighted by atomic mass is 9.94. The van der Waals surface area contributed by atoms with Gasteiger partial charge in [-0.1, -0.05) is 48.5 Å². The van der Waals surface area contributed by atoms with E-state index in [2.05, 4.69) is 10.4 Å². The monoisotopic (exact) mass is 462 g/mol. The maximum atomic E-state index is 12.7. The molecule has 5 rings (SSSR count).